The van der Waals surface area contributed by atoms with E-state index in [2.05, 4.69) is 10.3 Å². The Kier molecular flexibility index (Phi) is 5.94. The summed E-state index contributed by atoms with van der Waals surface area (Å²) in [4.78, 5) is 14.0. The number of carbonyl (C=O) groups excluding carboxylic acids is 1. The number of nitrogens with two attached hydrogens (primary N) is 1. The molecule has 3 rings (SSSR count). The minimum atomic E-state index is 0.443. The molecule has 2 heterocycles. The highest BCUT2D eigenvalue weighted by Gasteiger charge is 2.00. The number of hydrogen-bond acceptors (Lipinski definition) is 4. The first kappa shape index (κ1) is 16.3. The number of fused-ring (bicyclic) bond motifs is 1. The molecule has 118 valence electrons. The largest absolute Gasteiger partial charge is 0.459 e. The molecule has 3 aromatic rings. The number of aromatic nitrogens is 1. The normalized spacial score (nSPS) is 10.3. The van der Waals surface area contributed by atoms with E-state index in [9.17, 15) is 4.79 Å². The van der Waals surface area contributed by atoms with Gasteiger partial charge in [-0.05, 0) is 36.8 Å². The van der Waals surface area contributed by atoms with Crippen molar-refractivity contribution in [1.29, 1.82) is 0 Å². The number of amides is 1. The number of carbonyl (C=O) groups is 1. The van der Waals surface area contributed by atoms with E-state index in [4.69, 9.17) is 10.2 Å². The topological polar surface area (TPSA) is 81.1 Å². The van der Waals surface area contributed by atoms with Crippen LogP contribution < -0.4 is 11.1 Å². The Hall–Kier alpha value is -3.08. The van der Waals surface area contributed by atoms with Crippen LogP contribution in [0.5, 0.6) is 0 Å². The van der Waals surface area contributed by atoms with Crippen LogP contribution in [-0.4, -0.2) is 11.4 Å². The lowest BCUT2D eigenvalue weighted by Gasteiger charge is -1.91. The lowest BCUT2D eigenvalue weighted by atomic mass is 10.2. The van der Waals surface area contributed by atoms with Gasteiger partial charge in [0.15, 0.2) is 0 Å². The third kappa shape index (κ3) is 5.00. The Morgan fingerprint density at radius 1 is 1.26 bits per heavy atom. The standard InChI is InChI=1S/C10H9NO2.C8H10N2/c12-7-11-6-9-5-8-3-1-2-4-10(8)13-9;1-2-3-7-4-5-8(9)10-6-7/h1-5,7H,6H2,(H,11,12);2-6H,1H3,(H2,9,10)/b;3-2+. The number of furan rings is 1. The van der Waals surface area contributed by atoms with Gasteiger partial charge >= 0.3 is 0 Å². The second kappa shape index (κ2) is 8.38. The second-order valence-electron chi connectivity index (χ2n) is 4.77. The van der Waals surface area contributed by atoms with Gasteiger partial charge in [0.05, 0.1) is 6.54 Å². The van der Waals surface area contributed by atoms with Crippen molar-refractivity contribution in [3.63, 3.8) is 0 Å². The number of nitrogen functional groups attached to an aromatic ring is 1. The van der Waals surface area contributed by atoms with Crippen LogP contribution in [0.2, 0.25) is 0 Å². The van der Waals surface area contributed by atoms with Gasteiger partial charge in [-0.3, -0.25) is 4.79 Å². The quantitative estimate of drug-likeness (QED) is 0.724. The van der Waals surface area contributed by atoms with Crippen molar-refractivity contribution in [3.8, 4) is 0 Å². The molecule has 0 unspecified atom stereocenters. The Morgan fingerprint density at radius 2 is 2.09 bits per heavy atom. The molecule has 0 aliphatic rings. The van der Waals surface area contributed by atoms with Crippen molar-refractivity contribution < 1.29 is 9.21 Å². The Morgan fingerprint density at radius 3 is 2.74 bits per heavy atom. The average molecular weight is 309 g/mol. The van der Waals surface area contributed by atoms with E-state index >= 15 is 0 Å². The summed E-state index contributed by atoms with van der Waals surface area (Å²) in [5.74, 6) is 1.33. The Balaban J connectivity index is 0.000000174. The minimum absolute atomic E-state index is 0.443. The van der Waals surface area contributed by atoms with Crippen molar-refractivity contribution >= 4 is 29.3 Å². The van der Waals surface area contributed by atoms with E-state index in [-0.39, 0.29) is 0 Å². The lowest BCUT2D eigenvalue weighted by molar-refractivity contribution is -0.109. The molecular formula is C18H19N3O2. The number of nitrogens with zero attached hydrogens (tertiary/aromatic N) is 1. The number of rotatable bonds is 4. The van der Waals surface area contributed by atoms with Crippen LogP contribution in [0.1, 0.15) is 18.2 Å². The summed E-state index contributed by atoms with van der Waals surface area (Å²) in [6.45, 7) is 2.41. The van der Waals surface area contributed by atoms with E-state index in [0.29, 0.717) is 18.8 Å². The number of pyridine rings is 1. The molecule has 5 nitrogen and oxygen atoms in total. The molecule has 0 spiro atoms. The monoisotopic (exact) mass is 309 g/mol. The summed E-state index contributed by atoms with van der Waals surface area (Å²) >= 11 is 0. The molecule has 0 saturated carbocycles. The molecule has 0 aliphatic carbocycles. The maximum atomic E-state index is 10.0. The SMILES string of the molecule is C/C=C/c1ccc(N)nc1.O=CNCc1cc2ccccc2o1. The first-order valence-electron chi connectivity index (χ1n) is 7.21. The highest BCUT2D eigenvalue weighted by atomic mass is 16.3. The van der Waals surface area contributed by atoms with Crippen LogP contribution in [0, 0.1) is 0 Å². The van der Waals surface area contributed by atoms with Gasteiger partial charge in [0.1, 0.15) is 17.2 Å². The van der Waals surface area contributed by atoms with Crippen molar-refractivity contribution in [1.82, 2.24) is 10.3 Å². The third-order valence-corrected chi connectivity index (χ3v) is 3.00. The smallest absolute Gasteiger partial charge is 0.207 e. The van der Waals surface area contributed by atoms with Gasteiger partial charge in [-0.15, -0.1) is 0 Å². The van der Waals surface area contributed by atoms with E-state index in [1.165, 1.54) is 0 Å². The summed E-state index contributed by atoms with van der Waals surface area (Å²) in [7, 11) is 0. The first-order chi connectivity index (χ1) is 11.2. The van der Waals surface area contributed by atoms with Crippen LogP contribution in [0.3, 0.4) is 0 Å². The third-order valence-electron chi connectivity index (χ3n) is 3.00. The molecule has 23 heavy (non-hydrogen) atoms. The summed E-state index contributed by atoms with van der Waals surface area (Å²) in [6, 6.07) is 13.4. The summed E-state index contributed by atoms with van der Waals surface area (Å²) in [5, 5.41) is 3.61. The zero-order valence-electron chi connectivity index (χ0n) is 12.9. The van der Waals surface area contributed by atoms with Crippen molar-refractivity contribution in [2.45, 2.75) is 13.5 Å². The molecule has 5 heteroatoms. The number of nitrogens with one attached hydrogen (secondary N) is 1. The number of anilines is 1. The predicted octanol–water partition coefficient (Wildman–Crippen LogP) is 3.38. The summed E-state index contributed by atoms with van der Waals surface area (Å²) < 4.78 is 5.45. The molecule has 0 bridgehead atoms. The highest BCUT2D eigenvalue weighted by molar-refractivity contribution is 5.77. The second-order valence-corrected chi connectivity index (χ2v) is 4.77. The Labute approximate surface area is 134 Å². The van der Waals surface area contributed by atoms with E-state index < -0.39 is 0 Å². The van der Waals surface area contributed by atoms with Gasteiger partial charge in [-0.1, -0.05) is 30.4 Å². The molecule has 0 saturated heterocycles. The van der Waals surface area contributed by atoms with Gasteiger partial charge in [-0.2, -0.15) is 0 Å². The van der Waals surface area contributed by atoms with Crippen LogP contribution in [0.15, 0.2) is 59.2 Å². The maximum Gasteiger partial charge on any atom is 0.207 e. The number of allylic oxidation sites excluding steroid dienone is 1. The van der Waals surface area contributed by atoms with Gasteiger partial charge in [0.2, 0.25) is 6.41 Å². The number of benzene rings is 1. The Bertz CT molecular complexity index is 743. The highest BCUT2D eigenvalue weighted by Crippen LogP contribution is 2.18. The summed E-state index contributed by atoms with van der Waals surface area (Å²) in [6.07, 6.45) is 6.35. The van der Waals surface area contributed by atoms with Gasteiger partial charge in [0.25, 0.3) is 0 Å². The fourth-order valence-electron chi connectivity index (χ4n) is 1.97. The van der Waals surface area contributed by atoms with E-state index in [1.54, 1.807) is 12.3 Å². The molecule has 0 atom stereocenters. The van der Waals surface area contributed by atoms with Gasteiger partial charge < -0.3 is 15.5 Å². The van der Waals surface area contributed by atoms with Crippen LogP contribution in [0.4, 0.5) is 5.82 Å². The molecule has 2 aromatic heterocycles. The molecular weight excluding hydrogens is 290 g/mol. The summed E-state index contributed by atoms with van der Waals surface area (Å²) in [5.41, 5.74) is 7.32. The maximum absolute atomic E-state index is 10.0. The van der Waals surface area contributed by atoms with Crippen molar-refractivity contribution in [2.24, 2.45) is 0 Å². The fraction of sp³-hybridized carbons (Fsp3) is 0.111. The predicted molar refractivity (Wildman–Crippen MR) is 92.5 cm³/mol. The zero-order valence-corrected chi connectivity index (χ0v) is 12.9. The van der Waals surface area contributed by atoms with Crippen molar-refractivity contribution in [3.05, 3.63) is 66.1 Å². The molecule has 0 fully saturated rings. The van der Waals surface area contributed by atoms with Gasteiger partial charge in [0, 0.05) is 11.6 Å². The van der Waals surface area contributed by atoms with Gasteiger partial charge in [-0.25, -0.2) is 4.98 Å². The molecule has 0 radical (unpaired) electrons. The molecule has 3 N–H and O–H groups in total. The van der Waals surface area contributed by atoms with Crippen LogP contribution in [0.25, 0.3) is 17.0 Å². The molecule has 1 amide bonds. The average Bonchev–Trinajstić information content (AvgIpc) is 2.99. The van der Waals surface area contributed by atoms with Crippen molar-refractivity contribution in [2.75, 3.05) is 5.73 Å². The van der Waals surface area contributed by atoms with Crippen LogP contribution >= 0.6 is 0 Å². The van der Waals surface area contributed by atoms with Crippen LogP contribution in [-0.2, 0) is 11.3 Å². The lowest BCUT2D eigenvalue weighted by Crippen LogP contribution is -2.08. The van der Waals surface area contributed by atoms with E-state index in [1.807, 2.05) is 55.5 Å². The molecule has 1 aromatic carbocycles. The molecule has 0 aliphatic heterocycles. The number of hydrogen-bond donors (Lipinski definition) is 2. The minimum Gasteiger partial charge on any atom is -0.459 e. The first-order valence-corrected chi connectivity index (χ1v) is 7.21. The fourth-order valence-corrected chi connectivity index (χ4v) is 1.97. The zero-order chi connectivity index (χ0) is 16.5. The number of para-hydroxylation sites is 1. The van der Waals surface area contributed by atoms with E-state index in [0.717, 1.165) is 22.3 Å².